The van der Waals surface area contributed by atoms with Gasteiger partial charge in [0.2, 0.25) is 0 Å². The fraction of sp³-hybridized carbons (Fsp3) is 0.320. The average Bonchev–Trinajstić information content (AvgIpc) is 3.28. The van der Waals surface area contributed by atoms with Crippen molar-refractivity contribution in [2.75, 3.05) is 13.1 Å². The van der Waals surface area contributed by atoms with Crippen molar-refractivity contribution >= 4 is 39.2 Å². The van der Waals surface area contributed by atoms with Gasteiger partial charge in [0.1, 0.15) is 17.4 Å². The predicted molar refractivity (Wildman–Crippen MR) is 127 cm³/mol. The summed E-state index contributed by atoms with van der Waals surface area (Å²) < 4.78 is 34.7. The monoisotopic (exact) mass is 502 g/mol. The van der Waals surface area contributed by atoms with Crippen LogP contribution >= 0.6 is 11.3 Å². The zero-order valence-electron chi connectivity index (χ0n) is 18.7. The van der Waals surface area contributed by atoms with Gasteiger partial charge in [0, 0.05) is 29.2 Å². The molecular weight excluding hydrogens is 478 g/mol. The third-order valence-electron chi connectivity index (χ3n) is 5.94. The predicted octanol–water partition coefficient (Wildman–Crippen LogP) is 4.36. The maximum absolute atomic E-state index is 14.5. The highest BCUT2D eigenvalue weighted by Gasteiger charge is 2.27. The van der Waals surface area contributed by atoms with E-state index in [1.807, 2.05) is 0 Å². The molecule has 2 aromatic carbocycles. The van der Waals surface area contributed by atoms with E-state index < -0.39 is 23.5 Å². The summed E-state index contributed by atoms with van der Waals surface area (Å²) in [5.41, 5.74) is -0.154. The Labute approximate surface area is 204 Å². The van der Waals surface area contributed by atoms with E-state index in [0.717, 1.165) is 6.07 Å². The molecule has 0 bridgehead atoms. The van der Waals surface area contributed by atoms with Gasteiger partial charge in [-0.05, 0) is 56.0 Å². The Bertz CT molecular complexity index is 1250. The lowest BCUT2D eigenvalue weighted by Gasteiger charge is -2.26. The normalized spacial score (nSPS) is 17.7. The van der Waals surface area contributed by atoms with E-state index in [0.29, 0.717) is 40.6 Å². The fourth-order valence-corrected chi connectivity index (χ4v) is 5.04. The summed E-state index contributed by atoms with van der Waals surface area (Å²) >= 11 is 1.17. The lowest BCUT2D eigenvalue weighted by Crippen LogP contribution is -2.34. The Morgan fingerprint density at radius 3 is 2.31 bits per heavy atom. The number of nitrogens with one attached hydrogen (secondary N) is 2. The van der Waals surface area contributed by atoms with Crippen LogP contribution in [0, 0.1) is 17.6 Å². The van der Waals surface area contributed by atoms with Crippen molar-refractivity contribution in [3.8, 4) is 5.75 Å². The molecule has 1 aliphatic rings. The van der Waals surface area contributed by atoms with Crippen molar-refractivity contribution in [2.45, 2.75) is 31.8 Å². The molecule has 3 N–H and O–H groups in total. The summed E-state index contributed by atoms with van der Waals surface area (Å²) in [4.78, 5) is 36.0. The number of carbonyl (C=O) groups excluding carboxylic acids is 2. The SMILES string of the molecule is O=C(NCCNC(=O)c1ccc(OC2CCC(C(=O)O)CC2)cc1F)c1cc2c(F)cccc2s1. The molecule has 1 fully saturated rings. The van der Waals surface area contributed by atoms with Crippen LogP contribution in [0.15, 0.2) is 42.5 Å². The number of ether oxygens (including phenoxy) is 1. The summed E-state index contributed by atoms with van der Waals surface area (Å²) in [6.07, 6.45) is 1.98. The average molecular weight is 503 g/mol. The number of rotatable bonds is 8. The molecule has 4 rings (SSSR count). The van der Waals surface area contributed by atoms with Crippen LogP contribution in [0.1, 0.15) is 45.7 Å². The van der Waals surface area contributed by atoms with Crippen LogP contribution in [0.5, 0.6) is 5.75 Å². The van der Waals surface area contributed by atoms with Crippen molar-refractivity contribution in [2.24, 2.45) is 5.92 Å². The van der Waals surface area contributed by atoms with Crippen LogP contribution in [-0.2, 0) is 4.79 Å². The first-order chi connectivity index (χ1) is 16.8. The summed E-state index contributed by atoms with van der Waals surface area (Å²) in [7, 11) is 0. The molecule has 0 aliphatic heterocycles. The number of hydrogen-bond acceptors (Lipinski definition) is 5. The van der Waals surface area contributed by atoms with Gasteiger partial charge in [-0.1, -0.05) is 6.07 Å². The highest BCUT2D eigenvalue weighted by molar-refractivity contribution is 7.20. The van der Waals surface area contributed by atoms with Crippen LogP contribution in [0.25, 0.3) is 10.1 Å². The number of amides is 2. The molecule has 0 radical (unpaired) electrons. The van der Waals surface area contributed by atoms with Crippen LogP contribution in [0.4, 0.5) is 8.78 Å². The van der Waals surface area contributed by atoms with Gasteiger partial charge in [-0.25, -0.2) is 8.78 Å². The Morgan fingerprint density at radius 1 is 0.943 bits per heavy atom. The lowest BCUT2D eigenvalue weighted by atomic mass is 9.87. The Kier molecular flexibility index (Phi) is 7.60. The van der Waals surface area contributed by atoms with E-state index in [-0.39, 0.29) is 42.3 Å². The first-order valence-corrected chi connectivity index (χ1v) is 12.1. The fourth-order valence-electron chi connectivity index (χ4n) is 4.05. The minimum atomic E-state index is -0.806. The molecule has 2 amide bonds. The number of carboxylic acid groups (broad SMARTS) is 1. The number of fused-ring (bicyclic) bond motifs is 1. The molecule has 10 heteroatoms. The molecule has 184 valence electrons. The van der Waals surface area contributed by atoms with Gasteiger partial charge in [-0.15, -0.1) is 11.3 Å². The third-order valence-corrected chi connectivity index (χ3v) is 7.04. The van der Waals surface area contributed by atoms with Crippen LogP contribution in [-0.4, -0.2) is 42.1 Å². The lowest BCUT2D eigenvalue weighted by molar-refractivity contribution is -0.143. The molecule has 0 atom stereocenters. The third kappa shape index (κ3) is 5.94. The topological polar surface area (TPSA) is 105 Å². The van der Waals surface area contributed by atoms with Gasteiger partial charge >= 0.3 is 5.97 Å². The first kappa shape index (κ1) is 24.6. The van der Waals surface area contributed by atoms with Crippen molar-refractivity contribution in [1.29, 1.82) is 0 Å². The van der Waals surface area contributed by atoms with Gasteiger partial charge < -0.3 is 20.5 Å². The second-order valence-electron chi connectivity index (χ2n) is 8.35. The van der Waals surface area contributed by atoms with Crippen LogP contribution in [0.3, 0.4) is 0 Å². The van der Waals surface area contributed by atoms with Gasteiger partial charge in [-0.2, -0.15) is 0 Å². The Morgan fingerprint density at radius 2 is 1.66 bits per heavy atom. The van der Waals surface area contributed by atoms with Crippen LogP contribution < -0.4 is 15.4 Å². The quantitative estimate of drug-likeness (QED) is 0.397. The summed E-state index contributed by atoms with van der Waals surface area (Å²) in [6.45, 7) is 0.192. The molecule has 1 saturated carbocycles. The molecular formula is C25H24F2N2O5S. The smallest absolute Gasteiger partial charge is 0.306 e. The van der Waals surface area contributed by atoms with E-state index in [9.17, 15) is 23.2 Å². The number of halogens is 2. The van der Waals surface area contributed by atoms with Crippen LogP contribution in [0.2, 0.25) is 0 Å². The molecule has 0 unspecified atom stereocenters. The highest BCUT2D eigenvalue weighted by Crippen LogP contribution is 2.29. The second kappa shape index (κ2) is 10.8. The van der Waals surface area contributed by atoms with Crippen molar-refractivity contribution in [3.05, 3.63) is 64.5 Å². The summed E-state index contributed by atoms with van der Waals surface area (Å²) in [5.74, 6) is -3.04. The second-order valence-corrected chi connectivity index (χ2v) is 9.43. The maximum atomic E-state index is 14.5. The molecule has 1 aromatic heterocycles. The number of hydrogen-bond donors (Lipinski definition) is 3. The number of thiophene rings is 1. The van der Waals surface area contributed by atoms with E-state index in [2.05, 4.69) is 10.6 Å². The zero-order valence-corrected chi connectivity index (χ0v) is 19.5. The van der Waals surface area contributed by atoms with Gasteiger partial charge in [-0.3, -0.25) is 14.4 Å². The first-order valence-electron chi connectivity index (χ1n) is 11.3. The standard InChI is InChI=1S/C25H24F2N2O5S/c26-19-2-1-3-21-18(19)13-22(35-21)24(31)29-11-10-28-23(30)17-9-8-16(12-20(17)27)34-15-6-4-14(5-7-15)25(32)33/h1-3,8-9,12-15H,4-7,10-11H2,(H,28,30)(H,29,31)(H,32,33). The van der Waals surface area contributed by atoms with E-state index >= 15 is 0 Å². The number of benzene rings is 2. The maximum Gasteiger partial charge on any atom is 0.306 e. The number of carbonyl (C=O) groups is 3. The van der Waals surface area contributed by atoms with E-state index in [4.69, 9.17) is 9.84 Å². The largest absolute Gasteiger partial charge is 0.490 e. The molecule has 0 spiro atoms. The molecule has 7 nitrogen and oxygen atoms in total. The molecule has 3 aromatic rings. The zero-order chi connectivity index (χ0) is 24.9. The van der Waals surface area contributed by atoms with E-state index in [1.165, 1.54) is 35.6 Å². The number of aliphatic carboxylic acids is 1. The molecule has 0 saturated heterocycles. The van der Waals surface area contributed by atoms with Gasteiger partial charge in [0.05, 0.1) is 22.5 Å². The van der Waals surface area contributed by atoms with Gasteiger partial charge in [0.15, 0.2) is 0 Å². The summed E-state index contributed by atoms with van der Waals surface area (Å²) in [6, 6.07) is 10.1. The number of carboxylic acids is 1. The summed E-state index contributed by atoms with van der Waals surface area (Å²) in [5, 5.41) is 14.6. The minimum absolute atomic E-state index is 0.0777. The molecule has 1 aliphatic carbocycles. The Hall–Kier alpha value is -3.53. The Balaban J connectivity index is 1.24. The van der Waals surface area contributed by atoms with Gasteiger partial charge in [0.25, 0.3) is 11.8 Å². The highest BCUT2D eigenvalue weighted by atomic mass is 32.1. The van der Waals surface area contributed by atoms with Crippen molar-refractivity contribution in [3.63, 3.8) is 0 Å². The van der Waals surface area contributed by atoms with Crippen molar-refractivity contribution in [1.82, 2.24) is 10.6 Å². The van der Waals surface area contributed by atoms with E-state index in [1.54, 1.807) is 12.1 Å². The van der Waals surface area contributed by atoms with Crippen molar-refractivity contribution < 1.29 is 33.0 Å². The minimum Gasteiger partial charge on any atom is -0.490 e. The molecule has 1 heterocycles. The molecule has 35 heavy (non-hydrogen) atoms.